The summed E-state index contributed by atoms with van der Waals surface area (Å²) in [5, 5.41) is 4.32. The summed E-state index contributed by atoms with van der Waals surface area (Å²) < 4.78 is 0. The molecule has 0 bridgehead atoms. The average molecular weight is 251 g/mol. The maximum absolute atomic E-state index is 5.82. The van der Waals surface area contributed by atoms with Crippen molar-refractivity contribution in [1.82, 2.24) is 0 Å². The van der Waals surface area contributed by atoms with Crippen molar-refractivity contribution in [3.63, 3.8) is 0 Å². The normalized spacial score (nSPS) is 23.8. The van der Waals surface area contributed by atoms with E-state index in [4.69, 9.17) is 11.5 Å². The van der Waals surface area contributed by atoms with Crippen LogP contribution in [-0.2, 0) is 0 Å². The quantitative estimate of drug-likeness (QED) is 0.720. The van der Waals surface area contributed by atoms with Gasteiger partial charge in [-0.2, -0.15) is 11.8 Å². The van der Waals surface area contributed by atoms with Crippen molar-refractivity contribution in [2.45, 2.75) is 37.5 Å². The summed E-state index contributed by atoms with van der Waals surface area (Å²) in [6.45, 7) is 2.22. The number of hydrogen-bond donors (Lipinski definition) is 3. The molecule has 5 N–H and O–H groups in total. The molecule has 94 valence electrons. The number of nitrogens with one attached hydrogen (secondary N) is 1. The lowest BCUT2D eigenvalue weighted by molar-refractivity contribution is 0.768. The number of nitrogens with two attached hydrogens (primary N) is 2. The molecule has 3 nitrogen and oxygen atoms in total. The molecule has 1 saturated carbocycles. The van der Waals surface area contributed by atoms with Gasteiger partial charge < -0.3 is 16.8 Å². The Morgan fingerprint density at radius 1 is 1.29 bits per heavy atom. The van der Waals surface area contributed by atoms with Gasteiger partial charge in [0.15, 0.2) is 0 Å². The molecule has 2 atom stereocenters. The number of anilines is 3. The molecular weight excluding hydrogens is 230 g/mol. The third kappa shape index (κ3) is 3.00. The topological polar surface area (TPSA) is 64.1 Å². The Kier molecular flexibility index (Phi) is 4.05. The fourth-order valence-electron chi connectivity index (χ4n) is 2.38. The molecule has 0 radical (unpaired) electrons. The highest BCUT2D eigenvalue weighted by Gasteiger charge is 2.26. The Labute approximate surface area is 107 Å². The lowest BCUT2D eigenvalue weighted by Crippen LogP contribution is -2.26. The SMILES string of the molecule is CCSC1CCCC1Nc1ccc(N)c(N)c1. The van der Waals surface area contributed by atoms with Crippen LogP contribution in [0.3, 0.4) is 0 Å². The first-order valence-electron chi connectivity index (χ1n) is 6.24. The van der Waals surface area contributed by atoms with Crippen molar-refractivity contribution in [2.75, 3.05) is 22.5 Å². The van der Waals surface area contributed by atoms with Gasteiger partial charge in [0.2, 0.25) is 0 Å². The smallest absolute Gasteiger partial charge is 0.0568 e. The largest absolute Gasteiger partial charge is 0.397 e. The van der Waals surface area contributed by atoms with E-state index in [0.29, 0.717) is 17.4 Å². The number of nitrogen functional groups attached to an aromatic ring is 2. The predicted octanol–water partition coefficient (Wildman–Crippen LogP) is 2.94. The number of rotatable bonds is 4. The standard InChI is InChI=1S/C13H21N3S/c1-2-17-13-5-3-4-12(13)16-9-6-7-10(14)11(15)8-9/h6-8,12-13,16H,2-5,14-15H2,1H3. The van der Waals surface area contributed by atoms with Gasteiger partial charge in [-0.3, -0.25) is 0 Å². The highest BCUT2D eigenvalue weighted by Crippen LogP contribution is 2.32. The van der Waals surface area contributed by atoms with E-state index in [-0.39, 0.29) is 0 Å². The molecule has 4 heteroatoms. The zero-order valence-corrected chi connectivity index (χ0v) is 11.1. The molecule has 1 fully saturated rings. The predicted molar refractivity (Wildman–Crippen MR) is 78.4 cm³/mol. The molecular formula is C13H21N3S. The average Bonchev–Trinajstić information content (AvgIpc) is 2.72. The molecule has 17 heavy (non-hydrogen) atoms. The molecule has 0 saturated heterocycles. The summed E-state index contributed by atoms with van der Waals surface area (Å²) in [5.74, 6) is 1.19. The molecule has 1 aromatic carbocycles. The Bertz CT molecular complexity index is 381. The summed E-state index contributed by atoms with van der Waals surface area (Å²) in [5.41, 5.74) is 13.9. The summed E-state index contributed by atoms with van der Waals surface area (Å²) in [7, 11) is 0. The summed E-state index contributed by atoms with van der Waals surface area (Å²) in [6.07, 6.45) is 3.89. The Balaban J connectivity index is 2.02. The monoisotopic (exact) mass is 251 g/mol. The molecule has 1 aromatic rings. The van der Waals surface area contributed by atoms with Gasteiger partial charge in [-0.05, 0) is 36.8 Å². The maximum atomic E-state index is 5.82. The molecule has 0 spiro atoms. The van der Waals surface area contributed by atoms with Gasteiger partial charge in [-0.1, -0.05) is 13.3 Å². The van der Waals surface area contributed by atoms with E-state index < -0.39 is 0 Å². The Hall–Kier alpha value is -1.03. The molecule has 1 aliphatic carbocycles. The minimum absolute atomic E-state index is 0.572. The van der Waals surface area contributed by atoms with Crippen LogP contribution in [0.5, 0.6) is 0 Å². The van der Waals surface area contributed by atoms with Crippen LogP contribution in [0.25, 0.3) is 0 Å². The first-order chi connectivity index (χ1) is 8.20. The van der Waals surface area contributed by atoms with Gasteiger partial charge in [-0.25, -0.2) is 0 Å². The minimum Gasteiger partial charge on any atom is -0.397 e. The van der Waals surface area contributed by atoms with E-state index in [0.717, 1.165) is 10.9 Å². The van der Waals surface area contributed by atoms with E-state index in [1.165, 1.54) is 25.0 Å². The summed E-state index contributed by atoms with van der Waals surface area (Å²) in [4.78, 5) is 0. The van der Waals surface area contributed by atoms with Crippen molar-refractivity contribution < 1.29 is 0 Å². The second kappa shape index (κ2) is 5.54. The van der Waals surface area contributed by atoms with Gasteiger partial charge in [0.05, 0.1) is 11.4 Å². The van der Waals surface area contributed by atoms with Gasteiger partial charge >= 0.3 is 0 Å². The third-order valence-electron chi connectivity index (χ3n) is 3.27. The molecule has 0 aliphatic heterocycles. The molecule has 0 heterocycles. The lowest BCUT2D eigenvalue weighted by atomic mass is 10.2. The van der Waals surface area contributed by atoms with Crippen LogP contribution < -0.4 is 16.8 Å². The maximum Gasteiger partial charge on any atom is 0.0568 e. The van der Waals surface area contributed by atoms with Crippen molar-refractivity contribution in [2.24, 2.45) is 0 Å². The van der Waals surface area contributed by atoms with E-state index in [1.807, 2.05) is 18.2 Å². The number of thioether (sulfide) groups is 1. The molecule has 0 aromatic heterocycles. The van der Waals surface area contributed by atoms with Crippen LogP contribution in [-0.4, -0.2) is 17.0 Å². The third-order valence-corrected chi connectivity index (χ3v) is 4.60. The highest BCUT2D eigenvalue weighted by molar-refractivity contribution is 7.99. The van der Waals surface area contributed by atoms with Crippen LogP contribution in [0.4, 0.5) is 17.1 Å². The Morgan fingerprint density at radius 2 is 2.12 bits per heavy atom. The zero-order valence-electron chi connectivity index (χ0n) is 10.3. The first kappa shape index (κ1) is 12.4. The minimum atomic E-state index is 0.572. The van der Waals surface area contributed by atoms with Crippen molar-refractivity contribution in [1.29, 1.82) is 0 Å². The number of benzene rings is 1. The molecule has 2 unspecified atom stereocenters. The van der Waals surface area contributed by atoms with E-state index in [2.05, 4.69) is 24.0 Å². The molecule has 1 aliphatic rings. The van der Waals surface area contributed by atoms with E-state index >= 15 is 0 Å². The molecule has 0 amide bonds. The molecule has 2 rings (SSSR count). The lowest BCUT2D eigenvalue weighted by Gasteiger charge is -2.21. The van der Waals surface area contributed by atoms with Crippen LogP contribution in [0.1, 0.15) is 26.2 Å². The second-order valence-electron chi connectivity index (χ2n) is 4.52. The zero-order chi connectivity index (χ0) is 12.3. The van der Waals surface area contributed by atoms with E-state index in [9.17, 15) is 0 Å². The summed E-state index contributed by atoms with van der Waals surface area (Å²) >= 11 is 2.06. The van der Waals surface area contributed by atoms with Crippen molar-refractivity contribution in [3.05, 3.63) is 18.2 Å². The van der Waals surface area contributed by atoms with Gasteiger partial charge in [0, 0.05) is 17.0 Å². The fraction of sp³-hybridized carbons (Fsp3) is 0.538. The van der Waals surface area contributed by atoms with Crippen molar-refractivity contribution >= 4 is 28.8 Å². The first-order valence-corrected chi connectivity index (χ1v) is 7.28. The number of hydrogen-bond acceptors (Lipinski definition) is 4. The van der Waals surface area contributed by atoms with Crippen molar-refractivity contribution in [3.8, 4) is 0 Å². The highest BCUT2D eigenvalue weighted by atomic mass is 32.2. The second-order valence-corrected chi connectivity index (χ2v) is 6.04. The van der Waals surface area contributed by atoms with Crippen LogP contribution >= 0.6 is 11.8 Å². The fourth-order valence-corrected chi connectivity index (χ4v) is 3.58. The van der Waals surface area contributed by atoms with Crippen LogP contribution in [0.15, 0.2) is 18.2 Å². The van der Waals surface area contributed by atoms with Gasteiger partial charge in [0.25, 0.3) is 0 Å². The van der Waals surface area contributed by atoms with Gasteiger partial charge in [0.1, 0.15) is 0 Å². The summed E-state index contributed by atoms with van der Waals surface area (Å²) in [6, 6.07) is 6.39. The van der Waals surface area contributed by atoms with Crippen LogP contribution in [0, 0.1) is 0 Å². The Morgan fingerprint density at radius 3 is 2.82 bits per heavy atom. The van der Waals surface area contributed by atoms with Crippen LogP contribution in [0.2, 0.25) is 0 Å². The van der Waals surface area contributed by atoms with Gasteiger partial charge in [-0.15, -0.1) is 0 Å². The van der Waals surface area contributed by atoms with E-state index in [1.54, 1.807) is 0 Å².